The highest BCUT2D eigenvalue weighted by Crippen LogP contribution is 2.35. The molecular formula is C20H18FNO3. The maximum Gasteiger partial charge on any atom is 0.163 e. The number of allylic oxidation sites excluding steroid dienone is 1. The van der Waals surface area contributed by atoms with Crippen molar-refractivity contribution < 1.29 is 19.1 Å². The van der Waals surface area contributed by atoms with E-state index in [1.807, 2.05) is 49.4 Å². The monoisotopic (exact) mass is 339 g/mol. The number of phenolic OH excluding ortho intramolecular Hbond substituents is 1. The van der Waals surface area contributed by atoms with Crippen LogP contribution in [0.15, 0.2) is 66.3 Å². The van der Waals surface area contributed by atoms with Crippen molar-refractivity contribution in [3.05, 3.63) is 83.2 Å². The van der Waals surface area contributed by atoms with E-state index in [1.165, 1.54) is 18.2 Å². The second-order valence-electron chi connectivity index (χ2n) is 5.68. The molecule has 0 aliphatic carbocycles. The van der Waals surface area contributed by atoms with Gasteiger partial charge in [0.1, 0.15) is 11.6 Å². The van der Waals surface area contributed by atoms with Gasteiger partial charge in [-0.25, -0.2) is 4.39 Å². The maximum absolute atomic E-state index is 13.5. The molecule has 2 aromatic carbocycles. The number of carbonyl (C=O) groups is 1. The second kappa shape index (κ2) is 7.32. The molecule has 3 rings (SSSR count). The molecule has 0 radical (unpaired) electrons. The number of aldehydes is 1. The molecule has 4 nitrogen and oxygen atoms in total. The van der Waals surface area contributed by atoms with Crippen molar-refractivity contribution in [2.45, 2.75) is 19.5 Å². The second-order valence-corrected chi connectivity index (χ2v) is 5.68. The molecule has 0 bridgehead atoms. The van der Waals surface area contributed by atoms with Gasteiger partial charge in [-0.1, -0.05) is 42.5 Å². The molecule has 0 aromatic heterocycles. The molecule has 1 heterocycles. The fraction of sp³-hybridized carbons (Fsp3) is 0.150. The lowest BCUT2D eigenvalue weighted by Crippen LogP contribution is -2.29. The Labute approximate surface area is 145 Å². The van der Waals surface area contributed by atoms with Crippen LogP contribution in [0, 0.1) is 5.82 Å². The zero-order valence-corrected chi connectivity index (χ0v) is 13.7. The van der Waals surface area contributed by atoms with Crippen LogP contribution in [0.2, 0.25) is 0 Å². The number of hydroxylamine groups is 2. The van der Waals surface area contributed by atoms with Gasteiger partial charge in [0.05, 0.1) is 18.2 Å². The first kappa shape index (κ1) is 16.9. The maximum atomic E-state index is 13.5. The van der Waals surface area contributed by atoms with E-state index in [0.717, 1.165) is 11.8 Å². The Hall–Kier alpha value is -2.92. The third kappa shape index (κ3) is 3.46. The Morgan fingerprint density at radius 1 is 1.24 bits per heavy atom. The van der Waals surface area contributed by atoms with Crippen LogP contribution >= 0.6 is 0 Å². The van der Waals surface area contributed by atoms with Gasteiger partial charge in [-0.15, -0.1) is 5.06 Å². The average molecular weight is 339 g/mol. The quantitative estimate of drug-likeness (QED) is 0.664. The normalized spacial score (nSPS) is 17.9. The molecule has 128 valence electrons. The Kier molecular flexibility index (Phi) is 4.95. The summed E-state index contributed by atoms with van der Waals surface area (Å²) in [6, 6.07) is 12.6. The first-order valence-electron chi connectivity index (χ1n) is 7.93. The standard InChI is InChI=1S/C20H18FNO3/c1-2-6-18-17(13-23)20(14-7-4-3-5-8-14)25-22(18)12-15-11-16(21)9-10-19(15)24/h2-11,13,18,24H,12H2,1H3/b6-2+. The van der Waals surface area contributed by atoms with Crippen LogP contribution in [0.1, 0.15) is 18.1 Å². The molecule has 1 aliphatic heterocycles. The summed E-state index contributed by atoms with van der Waals surface area (Å²) in [4.78, 5) is 17.6. The predicted octanol–water partition coefficient (Wildman–Crippen LogP) is 3.83. The lowest BCUT2D eigenvalue weighted by atomic mass is 10.0. The third-order valence-corrected chi connectivity index (χ3v) is 4.01. The Bertz CT molecular complexity index is 830. The molecule has 0 spiro atoms. The van der Waals surface area contributed by atoms with E-state index in [0.29, 0.717) is 16.9 Å². The van der Waals surface area contributed by atoms with E-state index in [-0.39, 0.29) is 12.3 Å². The van der Waals surface area contributed by atoms with Crippen LogP contribution in [0.5, 0.6) is 5.75 Å². The number of rotatable bonds is 5. The summed E-state index contributed by atoms with van der Waals surface area (Å²) in [5, 5.41) is 11.5. The van der Waals surface area contributed by atoms with E-state index >= 15 is 0 Å². The van der Waals surface area contributed by atoms with Gasteiger partial charge in [0, 0.05) is 11.1 Å². The summed E-state index contributed by atoms with van der Waals surface area (Å²) in [6.45, 7) is 1.98. The Morgan fingerprint density at radius 2 is 2.00 bits per heavy atom. The molecule has 0 saturated heterocycles. The molecule has 1 aliphatic rings. The summed E-state index contributed by atoms with van der Waals surface area (Å²) in [5.74, 6) is 0.000989. The number of nitrogens with zero attached hydrogens (tertiary/aromatic N) is 1. The molecule has 1 N–H and O–H groups in total. The smallest absolute Gasteiger partial charge is 0.163 e. The minimum absolute atomic E-state index is 0.0231. The summed E-state index contributed by atoms with van der Waals surface area (Å²) < 4.78 is 13.5. The van der Waals surface area contributed by atoms with Crippen LogP contribution < -0.4 is 0 Å². The van der Waals surface area contributed by atoms with E-state index in [1.54, 1.807) is 5.06 Å². The Morgan fingerprint density at radius 3 is 2.68 bits per heavy atom. The number of phenols is 1. The van der Waals surface area contributed by atoms with Crippen LogP contribution in [-0.2, 0) is 16.2 Å². The SMILES string of the molecule is C/C=C/C1C(C=O)=C(c2ccccc2)ON1Cc1cc(F)ccc1O. The van der Waals surface area contributed by atoms with E-state index in [2.05, 4.69) is 0 Å². The number of halogens is 1. The first-order valence-corrected chi connectivity index (χ1v) is 7.93. The van der Waals surface area contributed by atoms with Gasteiger partial charge >= 0.3 is 0 Å². The van der Waals surface area contributed by atoms with E-state index < -0.39 is 11.9 Å². The zero-order valence-electron chi connectivity index (χ0n) is 13.7. The molecule has 2 aromatic rings. The van der Waals surface area contributed by atoms with E-state index in [4.69, 9.17) is 4.84 Å². The van der Waals surface area contributed by atoms with Gasteiger partial charge in [0.2, 0.25) is 0 Å². The summed E-state index contributed by atoms with van der Waals surface area (Å²) in [7, 11) is 0. The fourth-order valence-electron chi connectivity index (χ4n) is 2.81. The number of hydrogen-bond donors (Lipinski definition) is 1. The number of aromatic hydroxyl groups is 1. The van der Waals surface area contributed by atoms with Crippen LogP contribution in [0.25, 0.3) is 5.76 Å². The number of hydrogen-bond acceptors (Lipinski definition) is 4. The van der Waals surface area contributed by atoms with Crippen molar-refractivity contribution in [1.29, 1.82) is 0 Å². The molecule has 0 fully saturated rings. The third-order valence-electron chi connectivity index (χ3n) is 4.01. The summed E-state index contributed by atoms with van der Waals surface area (Å²) in [6.07, 6.45) is 4.43. The molecular weight excluding hydrogens is 321 g/mol. The van der Waals surface area contributed by atoms with E-state index in [9.17, 15) is 14.3 Å². The predicted molar refractivity (Wildman–Crippen MR) is 92.7 cm³/mol. The molecule has 1 unspecified atom stereocenters. The first-order chi connectivity index (χ1) is 12.1. The van der Waals surface area contributed by atoms with Crippen molar-refractivity contribution >= 4 is 12.0 Å². The van der Waals surface area contributed by atoms with Crippen molar-refractivity contribution in [2.75, 3.05) is 0 Å². The highest BCUT2D eigenvalue weighted by Gasteiger charge is 2.34. The van der Waals surface area contributed by atoms with Gasteiger partial charge < -0.3 is 9.94 Å². The molecule has 5 heteroatoms. The van der Waals surface area contributed by atoms with Gasteiger partial charge in [0.25, 0.3) is 0 Å². The van der Waals surface area contributed by atoms with Gasteiger partial charge in [-0.3, -0.25) is 4.79 Å². The van der Waals surface area contributed by atoms with Gasteiger partial charge in [0.15, 0.2) is 12.0 Å². The van der Waals surface area contributed by atoms with Crippen LogP contribution in [0.4, 0.5) is 4.39 Å². The van der Waals surface area contributed by atoms with Crippen LogP contribution in [-0.4, -0.2) is 22.5 Å². The molecule has 0 amide bonds. The van der Waals surface area contributed by atoms with Crippen molar-refractivity contribution in [3.8, 4) is 5.75 Å². The van der Waals surface area contributed by atoms with Crippen LogP contribution in [0.3, 0.4) is 0 Å². The van der Waals surface area contributed by atoms with Crippen molar-refractivity contribution in [2.24, 2.45) is 0 Å². The minimum atomic E-state index is -0.443. The number of carbonyl (C=O) groups excluding carboxylic acids is 1. The highest BCUT2D eigenvalue weighted by molar-refractivity contribution is 5.89. The fourth-order valence-corrected chi connectivity index (χ4v) is 2.81. The largest absolute Gasteiger partial charge is 0.508 e. The molecule has 25 heavy (non-hydrogen) atoms. The molecule has 1 atom stereocenters. The highest BCUT2D eigenvalue weighted by atomic mass is 19.1. The lowest BCUT2D eigenvalue weighted by molar-refractivity contribution is -0.107. The van der Waals surface area contributed by atoms with Gasteiger partial charge in [-0.2, -0.15) is 0 Å². The lowest BCUT2D eigenvalue weighted by Gasteiger charge is -2.22. The Balaban J connectivity index is 1.96. The summed E-state index contributed by atoms with van der Waals surface area (Å²) >= 11 is 0. The minimum Gasteiger partial charge on any atom is -0.508 e. The molecule has 0 saturated carbocycles. The van der Waals surface area contributed by atoms with Gasteiger partial charge in [-0.05, 0) is 25.1 Å². The zero-order chi connectivity index (χ0) is 17.8. The number of benzene rings is 2. The topological polar surface area (TPSA) is 49.8 Å². The average Bonchev–Trinajstić information content (AvgIpc) is 2.97. The summed E-state index contributed by atoms with van der Waals surface area (Å²) in [5.41, 5.74) is 1.65. The van der Waals surface area contributed by atoms with Crippen molar-refractivity contribution in [1.82, 2.24) is 5.06 Å². The van der Waals surface area contributed by atoms with Crippen molar-refractivity contribution in [3.63, 3.8) is 0 Å².